The molecule has 10 heavy (non-hydrogen) atoms. The molecule has 0 amide bonds. The normalized spacial score (nSPS) is 8.90. The van der Waals surface area contributed by atoms with Gasteiger partial charge in [0.2, 0.25) is 0 Å². The van der Waals surface area contributed by atoms with Gasteiger partial charge in [0.05, 0.1) is 0 Å². The van der Waals surface area contributed by atoms with E-state index in [-0.39, 0.29) is 0 Å². The number of rotatable bonds is 2. The standard InChI is InChI=1S/C5H7N5/c1-2-10-5(8-9-6)3-4-7-10/h3-4H,2H2,1H3. The van der Waals surface area contributed by atoms with E-state index >= 15 is 0 Å². The van der Waals surface area contributed by atoms with Crippen LogP contribution in [0.3, 0.4) is 0 Å². The summed E-state index contributed by atoms with van der Waals surface area (Å²) in [4.78, 5) is 2.65. The lowest BCUT2D eigenvalue weighted by molar-refractivity contribution is 0.663. The fourth-order valence-electron chi connectivity index (χ4n) is 0.700. The van der Waals surface area contributed by atoms with Crippen LogP contribution in [0.4, 0.5) is 5.82 Å². The molecule has 1 rings (SSSR count). The van der Waals surface area contributed by atoms with E-state index in [0.717, 1.165) is 6.54 Å². The van der Waals surface area contributed by atoms with Gasteiger partial charge in [0, 0.05) is 17.7 Å². The third-order valence-corrected chi connectivity index (χ3v) is 1.14. The third kappa shape index (κ3) is 1.09. The first kappa shape index (κ1) is 6.64. The Morgan fingerprint density at radius 3 is 3.30 bits per heavy atom. The van der Waals surface area contributed by atoms with Crippen molar-refractivity contribution in [2.24, 2.45) is 5.11 Å². The van der Waals surface area contributed by atoms with Gasteiger partial charge in [-0.2, -0.15) is 5.10 Å². The van der Waals surface area contributed by atoms with E-state index in [1.165, 1.54) is 0 Å². The zero-order valence-electron chi connectivity index (χ0n) is 5.60. The van der Waals surface area contributed by atoms with Gasteiger partial charge in [-0.3, -0.25) is 4.68 Å². The quantitative estimate of drug-likeness (QED) is 0.348. The molecular weight excluding hydrogens is 130 g/mol. The molecule has 0 saturated heterocycles. The van der Waals surface area contributed by atoms with Crippen LogP contribution in [0.25, 0.3) is 10.4 Å². The molecule has 0 fully saturated rings. The highest BCUT2D eigenvalue weighted by molar-refractivity contribution is 5.24. The molecule has 1 aromatic rings. The molecule has 0 aliphatic rings. The molecule has 1 aromatic heterocycles. The predicted octanol–water partition coefficient (Wildman–Crippen LogP) is 1.84. The van der Waals surface area contributed by atoms with Gasteiger partial charge in [-0.15, -0.1) is 0 Å². The molecule has 5 heteroatoms. The van der Waals surface area contributed by atoms with Crippen molar-refractivity contribution < 1.29 is 0 Å². The zero-order valence-corrected chi connectivity index (χ0v) is 5.60. The minimum Gasteiger partial charge on any atom is -0.263 e. The average Bonchev–Trinajstić information content (AvgIpc) is 2.36. The molecule has 0 aliphatic carbocycles. The molecule has 1 heterocycles. The van der Waals surface area contributed by atoms with Crippen molar-refractivity contribution in [2.45, 2.75) is 13.5 Å². The summed E-state index contributed by atoms with van der Waals surface area (Å²) in [6, 6.07) is 1.67. The minimum atomic E-state index is 0.560. The first-order chi connectivity index (χ1) is 4.88. The SMILES string of the molecule is CCn1nccc1N=[N+]=[N-]. The highest BCUT2D eigenvalue weighted by Crippen LogP contribution is 2.09. The number of aromatic nitrogens is 2. The smallest absolute Gasteiger partial charge is 0.124 e. The molecule has 0 spiro atoms. The van der Waals surface area contributed by atoms with Gasteiger partial charge in [0.15, 0.2) is 0 Å². The van der Waals surface area contributed by atoms with Crippen molar-refractivity contribution in [1.82, 2.24) is 9.78 Å². The topological polar surface area (TPSA) is 66.6 Å². The van der Waals surface area contributed by atoms with E-state index in [1.807, 2.05) is 6.92 Å². The number of azide groups is 1. The van der Waals surface area contributed by atoms with Crippen LogP contribution in [-0.2, 0) is 6.54 Å². The monoisotopic (exact) mass is 137 g/mol. The van der Waals surface area contributed by atoms with Crippen LogP contribution >= 0.6 is 0 Å². The van der Waals surface area contributed by atoms with E-state index in [0.29, 0.717) is 5.82 Å². The Bertz CT molecular complexity index is 257. The molecule has 0 unspecified atom stereocenters. The number of aryl methyl sites for hydroxylation is 1. The fraction of sp³-hybridized carbons (Fsp3) is 0.400. The van der Waals surface area contributed by atoms with Crippen LogP contribution in [-0.4, -0.2) is 9.78 Å². The van der Waals surface area contributed by atoms with Crippen LogP contribution in [0.15, 0.2) is 17.4 Å². The predicted molar refractivity (Wildman–Crippen MR) is 36.7 cm³/mol. The van der Waals surface area contributed by atoms with Gasteiger partial charge < -0.3 is 0 Å². The number of hydrogen-bond acceptors (Lipinski definition) is 2. The van der Waals surface area contributed by atoms with E-state index in [4.69, 9.17) is 5.53 Å². The first-order valence-electron chi connectivity index (χ1n) is 2.95. The lowest BCUT2D eigenvalue weighted by Crippen LogP contribution is -1.93. The lowest BCUT2D eigenvalue weighted by atomic mass is 10.6. The Hall–Kier alpha value is -1.48. The van der Waals surface area contributed by atoms with Crippen LogP contribution < -0.4 is 0 Å². The maximum Gasteiger partial charge on any atom is 0.124 e. The largest absolute Gasteiger partial charge is 0.263 e. The maximum absolute atomic E-state index is 8.08. The van der Waals surface area contributed by atoms with Crippen molar-refractivity contribution >= 4 is 5.82 Å². The first-order valence-corrected chi connectivity index (χ1v) is 2.95. The van der Waals surface area contributed by atoms with Crippen LogP contribution in [0.2, 0.25) is 0 Å². The Balaban J connectivity index is 3.00. The van der Waals surface area contributed by atoms with Gasteiger partial charge in [-0.25, -0.2) is 0 Å². The highest BCUT2D eigenvalue weighted by Gasteiger charge is 1.93. The Morgan fingerprint density at radius 2 is 2.70 bits per heavy atom. The number of hydrogen-bond donors (Lipinski definition) is 0. The molecule has 0 saturated carbocycles. The summed E-state index contributed by atoms with van der Waals surface area (Å²) >= 11 is 0. The second-order valence-corrected chi connectivity index (χ2v) is 1.69. The van der Waals surface area contributed by atoms with Crippen LogP contribution in [0, 0.1) is 0 Å². The van der Waals surface area contributed by atoms with Gasteiger partial charge >= 0.3 is 0 Å². The molecular formula is C5H7N5. The van der Waals surface area contributed by atoms with Crippen LogP contribution in [0.5, 0.6) is 0 Å². The molecule has 0 bridgehead atoms. The number of nitrogens with zero attached hydrogens (tertiary/aromatic N) is 5. The zero-order chi connectivity index (χ0) is 7.40. The molecule has 0 N–H and O–H groups in total. The summed E-state index contributed by atoms with van der Waals surface area (Å²) in [6.45, 7) is 2.66. The molecule has 52 valence electrons. The molecule has 0 radical (unpaired) electrons. The Kier molecular flexibility index (Phi) is 1.92. The fourth-order valence-corrected chi connectivity index (χ4v) is 0.700. The molecule has 0 aromatic carbocycles. The lowest BCUT2D eigenvalue weighted by Gasteiger charge is -1.94. The maximum atomic E-state index is 8.08. The van der Waals surface area contributed by atoms with E-state index in [2.05, 4.69) is 15.1 Å². The Morgan fingerprint density at radius 1 is 1.90 bits per heavy atom. The highest BCUT2D eigenvalue weighted by atomic mass is 15.3. The van der Waals surface area contributed by atoms with Gasteiger partial charge in [-0.1, -0.05) is 0 Å². The van der Waals surface area contributed by atoms with Crippen molar-refractivity contribution in [2.75, 3.05) is 0 Å². The van der Waals surface area contributed by atoms with Crippen molar-refractivity contribution in [3.05, 3.63) is 22.7 Å². The molecule has 5 nitrogen and oxygen atoms in total. The summed E-state index contributed by atoms with van der Waals surface area (Å²) in [6.07, 6.45) is 1.60. The third-order valence-electron chi connectivity index (χ3n) is 1.14. The van der Waals surface area contributed by atoms with E-state index in [1.54, 1.807) is 16.9 Å². The van der Waals surface area contributed by atoms with E-state index < -0.39 is 0 Å². The van der Waals surface area contributed by atoms with Crippen molar-refractivity contribution in [1.29, 1.82) is 0 Å². The summed E-state index contributed by atoms with van der Waals surface area (Å²) in [5, 5.41) is 7.32. The van der Waals surface area contributed by atoms with Gasteiger partial charge in [0.25, 0.3) is 0 Å². The van der Waals surface area contributed by atoms with Gasteiger partial charge in [0.1, 0.15) is 5.82 Å². The van der Waals surface area contributed by atoms with Gasteiger partial charge in [-0.05, 0) is 23.6 Å². The second kappa shape index (κ2) is 2.89. The van der Waals surface area contributed by atoms with Crippen LogP contribution in [0.1, 0.15) is 6.92 Å². The van der Waals surface area contributed by atoms with Crippen molar-refractivity contribution in [3.8, 4) is 0 Å². The molecule has 0 atom stereocenters. The second-order valence-electron chi connectivity index (χ2n) is 1.69. The minimum absolute atomic E-state index is 0.560. The van der Waals surface area contributed by atoms with Crippen molar-refractivity contribution in [3.63, 3.8) is 0 Å². The Labute approximate surface area is 57.9 Å². The summed E-state index contributed by atoms with van der Waals surface area (Å²) in [7, 11) is 0. The molecule has 0 aliphatic heterocycles. The summed E-state index contributed by atoms with van der Waals surface area (Å²) < 4.78 is 1.62. The summed E-state index contributed by atoms with van der Waals surface area (Å²) in [5.74, 6) is 0.560. The summed E-state index contributed by atoms with van der Waals surface area (Å²) in [5.41, 5.74) is 8.08. The average molecular weight is 137 g/mol. The van der Waals surface area contributed by atoms with E-state index in [9.17, 15) is 0 Å².